The Morgan fingerprint density at radius 1 is 1.00 bits per heavy atom. The number of carbonyl (C=O) groups is 1. The van der Waals surface area contributed by atoms with Gasteiger partial charge in [0.15, 0.2) is 0 Å². The normalized spacial score (nSPS) is 10.7. The van der Waals surface area contributed by atoms with E-state index in [1.165, 1.54) is 12.8 Å². The molecule has 0 aliphatic heterocycles. The fraction of sp³-hybridized carbons (Fsp3) is 0.320. The van der Waals surface area contributed by atoms with Gasteiger partial charge in [0, 0.05) is 30.4 Å². The number of thioether (sulfide) groups is 1. The van der Waals surface area contributed by atoms with Crippen molar-refractivity contribution in [3.05, 3.63) is 77.1 Å². The van der Waals surface area contributed by atoms with E-state index in [9.17, 15) is 4.79 Å². The molecule has 5 nitrogen and oxygen atoms in total. The van der Waals surface area contributed by atoms with Crippen molar-refractivity contribution in [1.29, 1.82) is 0 Å². The number of pyridine rings is 2. The summed E-state index contributed by atoms with van der Waals surface area (Å²) in [6.07, 6.45) is 7.11. The van der Waals surface area contributed by atoms with Crippen LogP contribution in [0.4, 0.5) is 11.5 Å². The molecule has 0 saturated carbocycles. The van der Waals surface area contributed by atoms with E-state index < -0.39 is 0 Å². The molecule has 0 spiro atoms. The van der Waals surface area contributed by atoms with Crippen LogP contribution in [0.5, 0.6) is 0 Å². The van der Waals surface area contributed by atoms with Gasteiger partial charge >= 0.3 is 0 Å². The molecular weight excluding hydrogens is 404 g/mol. The van der Waals surface area contributed by atoms with Crippen molar-refractivity contribution in [1.82, 2.24) is 9.97 Å². The zero-order chi connectivity index (χ0) is 22.1. The molecule has 1 amide bonds. The second kappa shape index (κ2) is 11.5. The highest BCUT2D eigenvalue weighted by atomic mass is 32.2. The molecule has 0 fully saturated rings. The van der Waals surface area contributed by atoms with E-state index in [2.05, 4.69) is 39.7 Å². The van der Waals surface area contributed by atoms with Gasteiger partial charge in [0.05, 0.1) is 5.56 Å². The number of aromatic nitrogens is 2. The van der Waals surface area contributed by atoms with Gasteiger partial charge in [-0.1, -0.05) is 25.8 Å². The summed E-state index contributed by atoms with van der Waals surface area (Å²) in [6, 6.07) is 13.7. The van der Waals surface area contributed by atoms with E-state index >= 15 is 0 Å². The lowest BCUT2D eigenvalue weighted by Crippen LogP contribution is -2.14. The first kappa shape index (κ1) is 22.8. The highest BCUT2D eigenvalue weighted by molar-refractivity contribution is 7.98. The predicted molar refractivity (Wildman–Crippen MR) is 130 cm³/mol. The number of carbonyl (C=O) groups excluding carboxylic acids is 1. The first-order valence-electron chi connectivity index (χ1n) is 10.7. The highest BCUT2D eigenvalue weighted by Gasteiger charge is 2.14. The quantitative estimate of drug-likeness (QED) is 0.292. The van der Waals surface area contributed by atoms with Gasteiger partial charge in [0.2, 0.25) is 0 Å². The predicted octanol–water partition coefficient (Wildman–Crippen LogP) is 6.24. The minimum absolute atomic E-state index is 0.145. The number of benzene rings is 1. The Bertz CT molecular complexity index is 1000. The van der Waals surface area contributed by atoms with Gasteiger partial charge in [-0.3, -0.25) is 4.79 Å². The summed E-state index contributed by atoms with van der Waals surface area (Å²) >= 11 is 1.56. The third-order valence-corrected chi connectivity index (χ3v) is 5.86. The fourth-order valence-electron chi connectivity index (χ4n) is 3.33. The Kier molecular flexibility index (Phi) is 8.47. The monoisotopic (exact) mass is 434 g/mol. The molecule has 6 heteroatoms. The average molecular weight is 435 g/mol. The Morgan fingerprint density at radius 2 is 1.81 bits per heavy atom. The minimum atomic E-state index is -0.145. The van der Waals surface area contributed by atoms with Crippen LogP contribution in [0, 0.1) is 13.8 Å². The summed E-state index contributed by atoms with van der Waals surface area (Å²) in [7, 11) is 0. The molecule has 0 unspecified atom stereocenters. The van der Waals surface area contributed by atoms with E-state index in [1.54, 1.807) is 24.0 Å². The third-order valence-electron chi connectivity index (χ3n) is 4.78. The van der Waals surface area contributed by atoms with Gasteiger partial charge in [-0.15, -0.1) is 11.8 Å². The van der Waals surface area contributed by atoms with Gasteiger partial charge in [-0.2, -0.15) is 0 Å². The molecule has 0 aliphatic carbocycles. The van der Waals surface area contributed by atoms with Gasteiger partial charge in [0.25, 0.3) is 5.91 Å². The number of aryl methyl sites for hydroxylation is 2. The van der Waals surface area contributed by atoms with Crippen LogP contribution < -0.4 is 10.6 Å². The summed E-state index contributed by atoms with van der Waals surface area (Å²) < 4.78 is 0. The Hall–Kier alpha value is -2.86. The van der Waals surface area contributed by atoms with Crippen LogP contribution in [0.2, 0.25) is 0 Å². The molecular formula is C25H30N4OS. The largest absolute Gasteiger partial charge is 0.370 e. The number of rotatable bonds is 10. The zero-order valence-electron chi connectivity index (χ0n) is 18.4. The molecule has 3 aromatic rings. The maximum atomic E-state index is 12.9. The number of unbranched alkanes of at least 4 members (excludes halogenated alkanes) is 2. The Labute approximate surface area is 189 Å². The van der Waals surface area contributed by atoms with E-state index in [1.807, 2.05) is 44.3 Å². The van der Waals surface area contributed by atoms with Crippen LogP contribution in [0.15, 0.2) is 59.9 Å². The van der Waals surface area contributed by atoms with E-state index in [4.69, 9.17) is 0 Å². The lowest BCUT2D eigenvalue weighted by molar-refractivity contribution is 0.102. The molecule has 2 N–H and O–H groups in total. The standard InChI is InChI=1S/C25H30N4OS/c1-4-5-6-10-26-23-16-20(9-12-27-23)17-31-25-22(8-7-11-28-25)24(30)29-21-14-18(2)13-19(3)15-21/h7-9,11-16H,4-6,10,17H2,1-3H3,(H,26,27)(H,29,30). The number of amides is 1. The number of anilines is 2. The number of nitrogens with one attached hydrogen (secondary N) is 2. The zero-order valence-corrected chi connectivity index (χ0v) is 19.3. The summed E-state index contributed by atoms with van der Waals surface area (Å²) in [5.41, 5.74) is 4.76. The molecule has 0 bridgehead atoms. The molecule has 0 atom stereocenters. The molecule has 2 heterocycles. The molecule has 0 aliphatic rings. The van der Waals surface area contributed by atoms with Gasteiger partial charge in [-0.05, 0) is 73.4 Å². The maximum Gasteiger partial charge on any atom is 0.258 e. The second-order valence-corrected chi connectivity index (χ2v) is 8.62. The molecule has 3 rings (SSSR count). The van der Waals surface area contributed by atoms with Crippen LogP contribution >= 0.6 is 11.8 Å². The maximum absolute atomic E-state index is 12.9. The van der Waals surface area contributed by atoms with Gasteiger partial charge < -0.3 is 10.6 Å². The Morgan fingerprint density at radius 3 is 2.58 bits per heavy atom. The van der Waals surface area contributed by atoms with E-state index in [-0.39, 0.29) is 5.91 Å². The van der Waals surface area contributed by atoms with E-state index in [0.29, 0.717) is 11.3 Å². The van der Waals surface area contributed by atoms with Crippen molar-refractivity contribution in [2.24, 2.45) is 0 Å². The first-order valence-corrected chi connectivity index (χ1v) is 11.7. The smallest absolute Gasteiger partial charge is 0.258 e. The summed E-state index contributed by atoms with van der Waals surface area (Å²) in [5.74, 6) is 1.46. The summed E-state index contributed by atoms with van der Waals surface area (Å²) in [5, 5.41) is 7.11. The van der Waals surface area contributed by atoms with Crippen LogP contribution in [0.3, 0.4) is 0 Å². The van der Waals surface area contributed by atoms with Crippen molar-refractivity contribution >= 4 is 29.2 Å². The van der Waals surface area contributed by atoms with Crippen LogP contribution in [0.25, 0.3) is 0 Å². The molecule has 2 aromatic heterocycles. The topological polar surface area (TPSA) is 66.9 Å². The van der Waals surface area contributed by atoms with E-state index in [0.717, 1.165) is 46.2 Å². The minimum Gasteiger partial charge on any atom is -0.370 e. The van der Waals surface area contributed by atoms with Crippen molar-refractivity contribution < 1.29 is 4.79 Å². The number of nitrogens with zero attached hydrogens (tertiary/aromatic N) is 2. The van der Waals surface area contributed by atoms with Crippen molar-refractivity contribution in [3.63, 3.8) is 0 Å². The fourth-order valence-corrected chi connectivity index (χ4v) is 4.26. The number of hydrogen-bond acceptors (Lipinski definition) is 5. The highest BCUT2D eigenvalue weighted by Crippen LogP contribution is 2.26. The molecule has 0 saturated heterocycles. The SMILES string of the molecule is CCCCCNc1cc(CSc2ncccc2C(=O)Nc2cc(C)cc(C)c2)ccn1. The lowest BCUT2D eigenvalue weighted by Gasteiger charge is -2.11. The van der Waals surface area contributed by atoms with Crippen LogP contribution in [-0.4, -0.2) is 22.4 Å². The molecule has 0 radical (unpaired) electrons. The average Bonchev–Trinajstić information content (AvgIpc) is 2.75. The summed E-state index contributed by atoms with van der Waals surface area (Å²) in [4.78, 5) is 21.8. The first-order chi connectivity index (χ1) is 15.0. The molecule has 1 aromatic carbocycles. The molecule has 162 valence electrons. The lowest BCUT2D eigenvalue weighted by atomic mass is 10.1. The van der Waals surface area contributed by atoms with Crippen molar-refractivity contribution in [2.75, 3.05) is 17.2 Å². The summed E-state index contributed by atoms with van der Waals surface area (Å²) in [6.45, 7) is 7.18. The molecule has 31 heavy (non-hydrogen) atoms. The third kappa shape index (κ3) is 7.10. The van der Waals surface area contributed by atoms with Gasteiger partial charge in [0.1, 0.15) is 10.8 Å². The van der Waals surface area contributed by atoms with Crippen molar-refractivity contribution in [3.8, 4) is 0 Å². The van der Waals surface area contributed by atoms with Crippen LogP contribution in [-0.2, 0) is 5.75 Å². The number of hydrogen-bond donors (Lipinski definition) is 2. The van der Waals surface area contributed by atoms with Crippen molar-refractivity contribution in [2.45, 2.75) is 50.8 Å². The Balaban J connectivity index is 1.65. The second-order valence-electron chi connectivity index (χ2n) is 7.66. The van der Waals surface area contributed by atoms with Gasteiger partial charge in [-0.25, -0.2) is 9.97 Å². The van der Waals surface area contributed by atoms with Crippen LogP contribution in [0.1, 0.15) is 53.2 Å².